The van der Waals surface area contributed by atoms with Crippen molar-refractivity contribution < 1.29 is 29.4 Å². The van der Waals surface area contributed by atoms with Gasteiger partial charge in [-0.25, -0.2) is 4.79 Å². The molecule has 1 aliphatic heterocycles. The first-order chi connectivity index (χ1) is 9.84. The van der Waals surface area contributed by atoms with Crippen LogP contribution in [0.5, 0.6) is 0 Å². The maximum atomic E-state index is 12.2. The molecule has 0 radical (unpaired) electrons. The highest BCUT2D eigenvalue weighted by Gasteiger charge is 2.43. The summed E-state index contributed by atoms with van der Waals surface area (Å²) in [6.45, 7) is 0. The predicted octanol–water partition coefficient (Wildman–Crippen LogP) is 0.183. The van der Waals surface area contributed by atoms with Crippen molar-refractivity contribution in [2.45, 2.75) is 18.9 Å². The quantitative estimate of drug-likeness (QED) is 0.519. The Balaban J connectivity index is 2.38. The molecule has 1 aromatic carbocycles. The number of nitrogens with two attached hydrogens (primary N) is 1. The molecule has 0 saturated carbocycles. The minimum Gasteiger partial charge on any atom is -0.481 e. The molecular weight excluding hydrogens is 280 g/mol. The van der Waals surface area contributed by atoms with E-state index in [1.165, 1.54) is 18.2 Å². The second kappa shape index (κ2) is 5.23. The molecule has 21 heavy (non-hydrogen) atoms. The van der Waals surface area contributed by atoms with E-state index in [0.717, 1.165) is 0 Å². The number of hydrogen-bond acceptors (Lipinski definition) is 5. The maximum absolute atomic E-state index is 12.2. The van der Waals surface area contributed by atoms with Crippen molar-refractivity contribution in [1.29, 1.82) is 0 Å². The molecular formula is C13H12N2O6. The monoisotopic (exact) mass is 292 g/mol. The minimum atomic E-state index is -1.53. The number of nitrogen functional groups attached to an aromatic ring is 1. The lowest BCUT2D eigenvalue weighted by atomic mass is 10.1. The highest BCUT2D eigenvalue weighted by molar-refractivity contribution is 6.24. The van der Waals surface area contributed by atoms with Crippen molar-refractivity contribution >= 4 is 29.4 Å². The SMILES string of the molecule is Nc1cccc2c1C(=O)N(C(CCC(=O)O)C(=O)O)C2=O. The standard InChI is InChI=1S/C13H12N2O6/c14-7-3-1-2-6-10(7)12(19)15(11(6)18)8(13(20)21)4-5-9(16)17/h1-3,8H,4-5,14H2,(H,16,17)(H,20,21). The van der Waals surface area contributed by atoms with E-state index in [-0.39, 0.29) is 23.2 Å². The molecule has 8 heteroatoms. The first-order valence-corrected chi connectivity index (χ1v) is 6.05. The van der Waals surface area contributed by atoms with Crippen molar-refractivity contribution in [3.8, 4) is 0 Å². The summed E-state index contributed by atoms with van der Waals surface area (Å²) in [6, 6.07) is 2.76. The maximum Gasteiger partial charge on any atom is 0.326 e. The molecule has 1 unspecified atom stereocenters. The van der Waals surface area contributed by atoms with Crippen molar-refractivity contribution in [3.63, 3.8) is 0 Å². The zero-order valence-electron chi connectivity index (χ0n) is 10.8. The van der Waals surface area contributed by atoms with Crippen molar-refractivity contribution in [1.82, 2.24) is 4.90 Å². The van der Waals surface area contributed by atoms with E-state index in [4.69, 9.17) is 15.9 Å². The van der Waals surface area contributed by atoms with Gasteiger partial charge in [0.15, 0.2) is 0 Å². The van der Waals surface area contributed by atoms with E-state index in [1.54, 1.807) is 0 Å². The van der Waals surface area contributed by atoms with Crippen LogP contribution >= 0.6 is 0 Å². The van der Waals surface area contributed by atoms with E-state index in [1.807, 2.05) is 0 Å². The van der Waals surface area contributed by atoms with Gasteiger partial charge < -0.3 is 15.9 Å². The first-order valence-electron chi connectivity index (χ1n) is 6.05. The first kappa shape index (κ1) is 14.5. The van der Waals surface area contributed by atoms with E-state index in [0.29, 0.717) is 4.90 Å². The molecule has 1 heterocycles. The minimum absolute atomic E-state index is 0.0292. The average molecular weight is 292 g/mol. The summed E-state index contributed by atoms with van der Waals surface area (Å²) < 4.78 is 0. The van der Waals surface area contributed by atoms with Crippen molar-refractivity contribution in [3.05, 3.63) is 29.3 Å². The summed E-state index contributed by atoms with van der Waals surface area (Å²) in [7, 11) is 0. The fourth-order valence-electron chi connectivity index (χ4n) is 2.24. The van der Waals surface area contributed by atoms with Crippen LogP contribution in [0, 0.1) is 0 Å². The average Bonchev–Trinajstić information content (AvgIpc) is 2.64. The van der Waals surface area contributed by atoms with Gasteiger partial charge in [-0.15, -0.1) is 0 Å². The number of carbonyl (C=O) groups is 4. The van der Waals surface area contributed by atoms with Gasteiger partial charge in [0, 0.05) is 12.1 Å². The molecule has 0 fully saturated rings. The van der Waals surface area contributed by atoms with Gasteiger partial charge in [-0.1, -0.05) is 6.07 Å². The zero-order chi connectivity index (χ0) is 15.7. The fourth-order valence-corrected chi connectivity index (χ4v) is 2.24. The van der Waals surface area contributed by atoms with Crippen LogP contribution in [0.15, 0.2) is 18.2 Å². The van der Waals surface area contributed by atoms with Crippen LogP contribution in [0.1, 0.15) is 33.6 Å². The number of nitrogens with zero attached hydrogens (tertiary/aromatic N) is 1. The number of benzene rings is 1. The summed E-state index contributed by atoms with van der Waals surface area (Å²) in [5.41, 5.74) is 5.71. The smallest absolute Gasteiger partial charge is 0.326 e. The molecule has 2 amide bonds. The lowest BCUT2D eigenvalue weighted by molar-refractivity contribution is -0.142. The van der Waals surface area contributed by atoms with E-state index >= 15 is 0 Å². The molecule has 1 aliphatic rings. The molecule has 110 valence electrons. The van der Waals surface area contributed by atoms with Gasteiger partial charge in [0.05, 0.1) is 11.1 Å². The Hall–Kier alpha value is -2.90. The van der Waals surface area contributed by atoms with Gasteiger partial charge in [-0.05, 0) is 18.6 Å². The summed E-state index contributed by atoms with van der Waals surface area (Å²) in [4.78, 5) is 46.8. The van der Waals surface area contributed by atoms with E-state index < -0.39 is 36.2 Å². The number of fused-ring (bicyclic) bond motifs is 1. The third-order valence-corrected chi connectivity index (χ3v) is 3.21. The number of aliphatic carboxylic acids is 2. The van der Waals surface area contributed by atoms with Crippen LogP contribution in [0.2, 0.25) is 0 Å². The molecule has 0 saturated heterocycles. The molecule has 4 N–H and O–H groups in total. The van der Waals surface area contributed by atoms with Crippen LogP contribution in [0.3, 0.4) is 0 Å². The van der Waals surface area contributed by atoms with E-state index in [2.05, 4.69) is 0 Å². The number of imide groups is 1. The third-order valence-electron chi connectivity index (χ3n) is 3.21. The normalized spacial score (nSPS) is 15.0. The zero-order valence-corrected chi connectivity index (χ0v) is 10.8. The van der Waals surface area contributed by atoms with Crippen molar-refractivity contribution in [2.24, 2.45) is 0 Å². The van der Waals surface area contributed by atoms with Gasteiger partial charge in [0.1, 0.15) is 6.04 Å². The van der Waals surface area contributed by atoms with Crippen molar-refractivity contribution in [2.75, 3.05) is 5.73 Å². The Bertz CT molecular complexity index is 654. The molecule has 0 aromatic heterocycles. The van der Waals surface area contributed by atoms with Gasteiger partial charge in [0.25, 0.3) is 11.8 Å². The molecule has 0 bridgehead atoms. The van der Waals surface area contributed by atoms with Gasteiger partial charge in [-0.3, -0.25) is 19.3 Å². The number of hydrogen-bond donors (Lipinski definition) is 3. The van der Waals surface area contributed by atoms with Crippen LogP contribution in [-0.2, 0) is 9.59 Å². The van der Waals surface area contributed by atoms with Crippen LogP contribution < -0.4 is 5.73 Å². The number of rotatable bonds is 5. The number of carboxylic acid groups (broad SMARTS) is 2. The predicted molar refractivity (Wildman–Crippen MR) is 69.6 cm³/mol. The Labute approximate surface area is 118 Å². The highest BCUT2D eigenvalue weighted by atomic mass is 16.4. The van der Waals surface area contributed by atoms with E-state index in [9.17, 15) is 19.2 Å². The summed E-state index contributed by atoms with van der Waals surface area (Å²) in [6.07, 6.45) is -0.837. The van der Waals surface area contributed by atoms with Crippen LogP contribution in [0.25, 0.3) is 0 Å². The van der Waals surface area contributed by atoms with Gasteiger partial charge in [-0.2, -0.15) is 0 Å². The van der Waals surface area contributed by atoms with Crippen LogP contribution in [-0.4, -0.2) is 44.9 Å². The Morgan fingerprint density at radius 2 is 1.86 bits per heavy atom. The largest absolute Gasteiger partial charge is 0.481 e. The Kier molecular flexibility index (Phi) is 3.62. The number of anilines is 1. The highest BCUT2D eigenvalue weighted by Crippen LogP contribution is 2.30. The van der Waals surface area contributed by atoms with Crippen LogP contribution in [0.4, 0.5) is 5.69 Å². The molecule has 1 atom stereocenters. The second-order valence-corrected chi connectivity index (χ2v) is 4.54. The van der Waals surface area contributed by atoms with Gasteiger partial charge in [0.2, 0.25) is 0 Å². The number of carbonyl (C=O) groups excluding carboxylic acids is 2. The summed E-state index contributed by atoms with van der Waals surface area (Å²) >= 11 is 0. The molecule has 2 rings (SSSR count). The van der Waals surface area contributed by atoms with Gasteiger partial charge >= 0.3 is 11.9 Å². The summed E-state index contributed by atoms with van der Waals surface area (Å²) in [5.74, 6) is -4.24. The molecule has 0 aliphatic carbocycles. The third kappa shape index (κ3) is 2.42. The number of amides is 2. The second-order valence-electron chi connectivity index (χ2n) is 4.54. The topological polar surface area (TPSA) is 138 Å². The number of carboxylic acids is 2. The molecule has 1 aromatic rings. The Morgan fingerprint density at radius 3 is 2.38 bits per heavy atom. The lowest BCUT2D eigenvalue weighted by Crippen LogP contribution is -2.45. The Morgan fingerprint density at radius 1 is 1.19 bits per heavy atom. The summed E-state index contributed by atoms with van der Waals surface area (Å²) in [5, 5.41) is 17.8. The molecule has 0 spiro atoms. The fraction of sp³-hybridized carbons (Fsp3) is 0.231. The lowest BCUT2D eigenvalue weighted by Gasteiger charge is -2.21. The molecule has 8 nitrogen and oxygen atoms in total.